The number of nitro groups is 1. The molecule has 2 aromatic carbocycles. The Morgan fingerprint density at radius 1 is 1.27 bits per heavy atom. The summed E-state index contributed by atoms with van der Waals surface area (Å²) in [4.78, 5) is 22.3. The van der Waals surface area contributed by atoms with Crippen molar-refractivity contribution >= 4 is 11.4 Å². The fraction of sp³-hybridized carbons (Fsp3) is 0.158. The molecule has 1 heterocycles. The van der Waals surface area contributed by atoms with E-state index in [0.717, 1.165) is 11.3 Å². The van der Waals surface area contributed by atoms with Crippen LogP contribution in [0.2, 0.25) is 0 Å². The SMILES string of the molecule is C[C@H](Cc1cnc[nH]1)N=C(c1ccccc1)c1cccc([N+](=O)[O-])c1O. The molecular weight excluding hydrogens is 332 g/mol. The van der Waals surface area contributed by atoms with Crippen LogP contribution in [0.25, 0.3) is 0 Å². The van der Waals surface area contributed by atoms with E-state index in [1.165, 1.54) is 6.07 Å². The number of benzene rings is 2. The summed E-state index contributed by atoms with van der Waals surface area (Å²) in [6, 6.07) is 13.7. The zero-order valence-electron chi connectivity index (χ0n) is 14.2. The van der Waals surface area contributed by atoms with Crippen molar-refractivity contribution in [2.45, 2.75) is 19.4 Å². The van der Waals surface area contributed by atoms with E-state index in [1.807, 2.05) is 37.3 Å². The van der Waals surface area contributed by atoms with Crippen molar-refractivity contribution in [3.05, 3.63) is 88.0 Å². The van der Waals surface area contributed by atoms with Gasteiger partial charge in [-0.25, -0.2) is 4.98 Å². The van der Waals surface area contributed by atoms with Crippen molar-refractivity contribution < 1.29 is 10.0 Å². The van der Waals surface area contributed by atoms with Crippen LogP contribution in [0.5, 0.6) is 5.75 Å². The van der Waals surface area contributed by atoms with E-state index in [1.54, 1.807) is 24.7 Å². The zero-order chi connectivity index (χ0) is 18.5. The number of nitrogens with one attached hydrogen (secondary N) is 1. The van der Waals surface area contributed by atoms with Crippen LogP contribution in [-0.4, -0.2) is 31.8 Å². The van der Waals surface area contributed by atoms with Gasteiger partial charge in [-0.2, -0.15) is 0 Å². The molecule has 0 saturated carbocycles. The monoisotopic (exact) mass is 350 g/mol. The number of hydrogen-bond acceptors (Lipinski definition) is 5. The summed E-state index contributed by atoms with van der Waals surface area (Å²) in [5.74, 6) is -0.381. The standard InChI is InChI=1S/C19H18N4O3/c1-13(10-15-11-20-12-21-15)22-18(14-6-3-2-4-7-14)16-8-5-9-17(19(16)24)23(25)26/h2-9,11-13,24H,10H2,1H3,(H,20,21)/t13-/m1/s1. The minimum atomic E-state index is -0.602. The van der Waals surface area contributed by atoms with Crippen LogP contribution in [0.3, 0.4) is 0 Å². The van der Waals surface area contributed by atoms with Crippen molar-refractivity contribution in [2.75, 3.05) is 0 Å². The summed E-state index contributed by atoms with van der Waals surface area (Å²) >= 11 is 0. The first kappa shape index (κ1) is 17.3. The third-order valence-electron chi connectivity index (χ3n) is 3.93. The highest BCUT2D eigenvalue weighted by molar-refractivity contribution is 6.15. The third kappa shape index (κ3) is 3.77. The number of H-pyrrole nitrogens is 1. The van der Waals surface area contributed by atoms with Crippen molar-refractivity contribution in [3.63, 3.8) is 0 Å². The van der Waals surface area contributed by atoms with Crippen LogP contribution < -0.4 is 0 Å². The summed E-state index contributed by atoms with van der Waals surface area (Å²) in [7, 11) is 0. The normalized spacial score (nSPS) is 12.7. The first-order valence-corrected chi connectivity index (χ1v) is 8.13. The average molecular weight is 350 g/mol. The molecule has 0 amide bonds. The summed E-state index contributed by atoms with van der Waals surface area (Å²) in [5.41, 5.74) is 2.23. The number of phenolic OH excluding ortho intramolecular Hbond substituents is 1. The second-order valence-electron chi connectivity index (χ2n) is 5.90. The molecule has 0 unspecified atom stereocenters. The third-order valence-corrected chi connectivity index (χ3v) is 3.93. The lowest BCUT2D eigenvalue weighted by atomic mass is 10.00. The largest absolute Gasteiger partial charge is 0.502 e. The highest BCUT2D eigenvalue weighted by atomic mass is 16.6. The second-order valence-corrected chi connectivity index (χ2v) is 5.90. The zero-order valence-corrected chi connectivity index (χ0v) is 14.2. The van der Waals surface area contributed by atoms with E-state index in [0.29, 0.717) is 17.7 Å². The number of aliphatic imine (C=N–C) groups is 1. The first-order valence-electron chi connectivity index (χ1n) is 8.13. The molecule has 0 fully saturated rings. The highest BCUT2D eigenvalue weighted by Gasteiger charge is 2.21. The van der Waals surface area contributed by atoms with Gasteiger partial charge in [0.1, 0.15) is 0 Å². The number of phenols is 1. The van der Waals surface area contributed by atoms with Crippen molar-refractivity contribution in [2.24, 2.45) is 4.99 Å². The quantitative estimate of drug-likeness (QED) is 0.403. The molecule has 3 rings (SSSR count). The molecular formula is C19H18N4O3. The number of nitro benzene ring substituents is 1. The number of aromatic nitrogens is 2. The van der Waals surface area contributed by atoms with Gasteiger partial charge in [0.05, 0.1) is 23.0 Å². The van der Waals surface area contributed by atoms with Gasteiger partial charge in [-0.1, -0.05) is 36.4 Å². The first-order chi connectivity index (χ1) is 12.6. The minimum absolute atomic E-state index is 0.121. The molecule has 3 aromatic rings. The average Bonchev–Trinajstić information content (AvgIpc) is 3.13. The Morgan fingerprint density at radius 2 is 2.04 bits per heavy atom. The molecule has 0 bridgehead atoms. The van der Waals surface area contributed by atoms with Gasteiger partial charge in [0.2, 0.25) is 5.75 Å². The Kier molecular flexibility index (Phi) is 5.07. The Labute approximate surface area is 150 Å². The predicted octanol–water partition coefficient (Wildman–Crippen LogP) is 3.49. The summed E-state index contributed by atoms with van der Waals surface area (Å²) < 4.78 is 0. The Bertz CT molecular complexity index is 921. The summed E-state index contributed by atoms with van der Waals surface area (Å²) in [5, 5.41) is 21.6. The van der Waals surface area contributed by atoms with Crippen LogP contribution in [0.15, 0.2) is 66.0 Å². The van der Waals surface area contributed by atoms with Crippen LogP contribution >= 0.6 is 0 Å². The van der Waals surface area contributed by atoms with Crippen LogP contribution in [0.1, 0.15) is 23.7 Å². The van der Waals surface area contributed by atoms with E-state index in [2.05, 4.69) is 9.97 Å². The van der Waals surface area contributed by atoms with E-state index >= 15 is 0 Å². The molecule has 7 nitrogen and oxygen atoms in total. The fourth-order valence-electron chi connectivity index (χ4n) is 2.75. The molecule has 132 valence electrons. The maximum atomic E-state index is 11.2. The molecule has 1 aromatic heterocycles. The van der Waals surface area contributed by atoms with Gasteiger partial charge >= 0.3 is 5.69 Å². The lowest BCUT2D eigenvalue weighted by molar-refractivity contribution is -0.385. The molecule has 7 heteroatoms. The summed E-state index contributed by atoms with van der Waals surface area (Å²) in [6.07, 6.45) is 3.97. The van der Waals surface area contributed by atoms with Gasteiger partial charge in [0, 0.05) is 35.5 Å². The van der Waals surface area contributed by atoms with Gasteiger partial charge in [-0.15, -0.1) is 0 Å². The predicted molar refractivity (Wildman–Crippen MR) is 98.6 cm³/mol. The van der Waals surface area contributed by atoms with E-state index in [9.17, 15) is 15.2 Å². The number of nitrogens with zero attached hydrogens (tertiary/aromatic N) is 3. The second kappa shape index (κ2) is 7.60. The van der Waals surface area contributed by atoms with Crippen molar-refractivity contribution in [1.29, 1.82) is 0 Å². The smallest absolute Gasteiger partial charge is 0.311 e. The number of aromatic hydroxyl groups is 1. The summed E-state index contributed by atoms with van der Waals surface area (Å²) in [6.45, 7) is 1.94. The molecule has 0 aliphatic rings. The Hall–Kier alpha value is -3.48. The molecule has 0 saturated heterocycles. The van der Waals surface area contributed by atoms with Crippen LogP contribution in [0.4, 0.5) is 5.69 Å². The van der Waals surface area contributed by atoms with Crippen LogP contribution in [-0.2, 0) is 6.42 Å². The molecule has 0 radical (unpaired) electrons. The molecule has 0 aliphatic heterocycles. The van der Waals surface area contributed by atoms with Gasteiger partial charge in [-0.05, 0) is 13.0 Å². The van der Waals surface area contributed by atoms with Gasteiger partial charge in [0.15, 0.2) is 0 Å². The molecule has 2 N–H and O–H groups in total. The van der Waals surface area contributed by atoms with E-state index < -0.39 is 4.92 Å². The molecule has 1 atom stereocenters. The van der Waals surface area contributed by atoms with E-state index in [4.69, 9.17) is 4.99 Å². The number of para-hydroxylation sites is 1. The maximum absolute atomic E-state index is 11.2. The fourth-order valence-corrected chi connectivity index (χ4v) is 2.75. The lowest BCUT2D eigenvalue weighted by Gasteiger charge is -2.13. The number of imidazole rings is 1. The van der Waals surface area contributed by atoms with Gasteiger partial charge in [0.25, 0.3) is 0 Å². The molecule has 0 spiro atoms. The van der Waals surface area contributed by atoms with E-state index in [-0.39, 0.29) is 17.5 Å². The molecule has 26 heavy (non-hydrogen) atoms. The maximum Gasteiger partial charge on any atom is 0.311 e. The number of rotatable bonds is 6. The van der Waals surface area contributed by atoms with Gasteiger partial charge in [-0.3, -0.25) is 15.1 Å². The van der Waals surface area contributed by atoms with Crippen molar-refractivity contribution in [1.82, 2.24) is 9.97 Å². The minimum Gasteiger partial charge on any atom is -0.502 e. The van der Waals surface area contributed by atoms with Gasteiger partial charge < -0.3 is 10.1 Å². The lowest BCUT2D eigenvalue weighted by Crippen LogP contribution is -2.12. The molecule has 0 aliphatic carbocycles. The van der Waals surface area contributed by atoms with Crippen molar-refractivity contribution in [3.8, 4) is 5.75 Å². The topological polar surface area (TPSA) is 104 Å². The Morgan fingerprint density at radius 3 is 2.69 bits per heavy atom. The number of hydrogen-bond donors (Lipinski definition) is 2. The van der Waals surface area contributed by atoms with Crippen LogP contribution in [0, 0.1) is 10.1 Å². The highest BCUT2D eigenvalue weighted by Crippen LogP contribution is 2.31. The number of aromatic amines is 1. The Balaban J connectivity index is 2.06.